The summed E-state index contributed by atoms with van der Waals surface area (Å²) in [6.45, 7) is 4.99. The van der Waals surface area contributed by atoms with Crippen molar-refractivity contribution in [1.29, 1.82) is 0 Å². The molecule has 2 saturated heterocycles. The molecule has 0 saturated carbocycles. The topological polar surface area (TPSA) is 64.7 Å². The number of rotatable bonds is 4. The molecule has 7 heteroatoms. The Hall–Kier alpha value is -0.210. The van der Waals surface area contributed by atoms with Crippen molar-refractivity contribution in [3.63, 3.8) is 0 Å². The first-order valence-corrected chi connectivity index (χ1v) is 8.61. The summed E-state index contributed by atoms with van der Waals surface area (Å²) in [6.07, 6.45) is 1.71. The Bertz CT molecular complexity index is 381. The van der Waals surface area contributed by atoms with Crippen molar-refractivity contribution >= 4 is 10.0 Å². The summed E-state index contributed by atoms with van der Waals surface area (Å²) in [5, 5.41) is 2.89. The van der Waals surface area contributed by atoms with Gasteiger partial charge in [-0.3, -0.25) is 4.90 Å². The fourth-order valence-electron chi connectivity index (χ4n) is 2.74. The Morgan fingerprint density at radius 1 is 1.32 bits per heavy atom. The summed E-state index contributed by atoms with van der Waals surface area (Å²) in [7, 11) is 0.965. The van der Waals surface area contributed by atoms with Gasteiger partial charge in [0.25, 0.3) is 0 Å². The van der Waals surface area contributed by atoms with Crippen LogP contribution in [0.4, 0.5) is 0 Å². The van der Waals surface area contributed by atoms with E-state index in [1.165, 1.54) is 0 Å². The van der Waals surface area contributed by atoms with Crippen LogP contribution < -0.4 is 10.0 Å². The third-order valence-corrected chi connectivity index (χ3v) is 6.04. The molecule has 0 amide bonds. The van der Waals surface area contributed by atoms with E-state index in [0.29, 0.717) is 13.1 Å². The third kappa shape index (κ3) is 4.13. The standard InChI is InChI=1S/C12H26N4O2S/c1-15-6-7-16(2)11(10-15)8-14-19(17,18)12-4-3-5-13-9-12/h11-14H,3-10H2,1-2H3. The lowest BCUT2D eigenvalue weighted by Crippen LogP contribution is -2.55. The maximum absolute atomic E-state index is 12.2. The molecule has 0 aromatic rings. The molecule has 2 aliphatic rings. The number of sulfonamides is 1. The third-order valence-electron chi connectivity index (χ3n) is 4.19. The first kappa shape index (κ1) is 15.2. The Morgan fingerprint density at radius 3 is 2.79 bits per heavy atom. The van der Waals surface area contributed by atoms with E-state index in [1.54, 1.807) is 0 Å². The van der Waals surface area contributed by atoms with Crippen molar-refractivity contribution in [1.82, 2.24) is 19.8 Å². The molecule has 2 atom stereocenters. The molecule has 6 nitrogen and oxygen atoms in total. The van der Waals surface area contributed by atoms with Crippen LogP contribution in [0.1, 0.15) is 12.8 Å². The number of hydrogen-bond acceptors (Lipinski definition) is 5. The number of nitrogens with zero attached hydrogens (tertiary/aromatic N) is 2. The monoisotopic (exact) mass is 290 g/mol. The molecule has 0 radical (unpaired) electrons. The summed E-state index contributed by atoms with van der Waals surface area (Å²) in [4.78, 5) is 4.49. The molecule has 0 spiro atoms. The Labute approximate surface area is 116 Å². The Balaban J connectivity index is 1.86. The van der Waals surface area contributed by atoms with Gasteiger partial charge in [0.1, 0.15) is 0 Å². The van der Waals surface area contributed by atoms with Crippen LogP contribution in [-0.4, -0.2) is 82.9 Å². The van der Waals surface area contributed by atoms with Crippen molar-refractivity contribution in [2.45, 2.75) is 24.1 Å². The molecule has 0 aliphatic carbocycles. The fourth-order valence-corrected chi connectivity index (χ4v) is 4.21. The first-order chi connectivity index (χ1) is 8.99. The molecule has 2 unspecified atom stereocenters. The van der Waals surface area contributed by atoms with E-state index in [2.05, 4.69) is 33.9 Å². The highest BCUT2D eigenvalue weighted by Crippen LogP contribution is 2.11. The molecule has 112 valence electrons. The number of likely N-dealkylation sites (N-methyl/N-ethyl adjacent to an activating group) is 2. The van der Waals surface area contributed by atoms with Crippen molar-refractivity contribution in [3.05, 3.63) is 0 Å². The van der Waals surface area contributed by atoms with E-state index in [4.69, 9.17) is 0 Å². The highest BCUT2D eigenvalue weighted by molar-refractivity contribution is 7.90. The molecule has 2 rings (SSSR count). The maximum atomic E-state index is 12.2. The lowest BCUT2D eigenvalue weighted by Gasteiger charge is -2.38. The maximum Gasteiger partial charge on any atom is 0.215 e. The fraction of sp³-hybridized carbons (Fsp3) is 1.00. The van der Waals surface area contributed by atoms with Crippen LogP contribution >= 0.6 is 0 Å². The van der Waals surface area contributed by atoms with Crippen LogP contribution in [0.5, 0.6) is 0 Å². The van der Waals surface area contributed by atoms with Crippen LogP contribution in [0.15, 0.2) is 0 Å². The normalized spacial score (nSPS) is 31.5. The zero-order valence-corrected chi connectivity index (χ0v) is 12.7. The molecule has 19 heavy (non-hydrogen) atoms. The highest BCUT2D eigenvalue weighted by atomic mass is 32.2. The number of hydrogen-bond donors (Lipinski definition) is 2. The molecule has 2 N–H and O–H groups in total. The van der Waals surface area contributed by atoms with E-state index >= 15 is 0 Å². The van der Waals surface area contributed by atoms with Gasteiger partial charge in [-0.05, 0) is 33.5 Å². The summed E-state index contributed by atoms with van der Waals surface area (Å²) in [6, 6.07) is 0.269. The van der Waals surface area contributed by atoms with Gasteiger partial charge < -0.3 is 10.2 Å². The van der Waals surface area contributed by atoms with Gasteiger partial charge in [-0.1, -0.05) is 0 Å². The largest absolute Gasteiger partial charge is 0.315 e. The Kier molecular flexibility index (Phi) is 5.19. The molecule has 0 aromatic carbocycles. The average Bonchev–Trinajstić information content (AvgIpc) is 2.41. The summed E-state index contributed by atoms with van der Waals surface area (Å²) in [5.74, 6) is 0. The van der Waals surface area contributed by atoms with Gasteiger partial charge in [-0.25, -0.2) is 13.1 Å². The van der Waals surface area contributed by atoms with Crippen molar-refractivity contribution in [2.75, 3.05) is 53.4 Å². The predicted octanol–water partition coefficient (Wildman–Crippen LogP) is -1.10. The molecule has 0 aromatic heterocycles. The van der Waals surface area contributed by atoms with Crippen LogP contribution in [0.25, 0.3) is 0 Å². The van der Waals surface area contributed by atoms with Gasteiger partial charge in [0.05, 0.1) is 5.25 Å². The van der Waals surface area contributed by atoms with Crippen LogP contribution in [0.3, 0.4) is 0 Å². The summed E-state index contributed by atoms with van der Waals surface area (Å²) < 4.78 is 27.3. The minimum Gasteiger partial charge on any atom is -0.315 e. The van der Waals surface area contributed by atoms with Crippen molar-refractivity contribution in [2.24, 2.45) is 0 Å². The van der Waals surface area contributed by atoms with Crippen LogP contribution in [-0.2, 0) is 10.0 Å². The number of nitrogens with one attached hydrogen (secondary N) is 2. The number of piperazine rings is 1. The van der Waals surface area contributed by atoms with Crippen molar-refractivity contribution < 1.29 is 8.42 Å². The van der Waals surface area contributed by atoms with Crippen LogP contribution in [0, 0.1) is 0 Å². The second-order valence-corrected chi connectivity index (χ2v) is 7.80. The average molecular weight is 290 g/mol. The highest BCUT2D eigenvalue weighted by Gasteiger charge is 2.29. The summed E-state index contributed by atoms with van der Waals surface area (Å²) in [5.41, 5.74) is 0. The quantitative estimate of drug-likeness (QED) is 0.688. The second-order valence-electron chi connectivity index (χ2n) is 5.76. The molecule has 2 fully saturated rings. The number of piperidine rings is 1. The van der Waals surface area contributed by atoms with E-state index in [-0.39, 0.29) is 11.3 Å². The minimum absolute atomic E-state index is 0.269. The minimum atomic E-state index is -3.18. The SMILES string of the molecule is CN1CCN(C)C(CNS(=O)(=O)C2CCCNC2)C1. The molecule has 0 bridgehead atoms. The molecular formula is C12H26N4O2S. The zero-order chi connectivity index (χ0) is 13.9. The lowest BCUT2D eigenvalue weighted by atomic mass is 10.2. The van der Waals surface area contributed by atoms with Gasteiger partial charge in [0.2, 0.25) is 10.0 Å². The smallest absolute Gasteiger partial charge is 0.215 e. The molecule has 2 aliphatic heterocycles. The second kappa shape index (κ2) is 6.49. The van der Waals surface area contributed by atoms with Gasteiger partial charge in [-0.15, -0.1) is 0 Å². The van der Waals surface area contributed by atoms with E-state index in [1.807, 2.05) is 0 Å². The van der Waals surface area contributed by atoms with E-state index in [0.717, 1.165) is 39.0 Å². The van der Waals surface area contributed by atoms with E-state index < -0.39 is 10.0 Å². The molecular weight excluding hydrogens is 264 g/mol. The van der Waals surface area contributed by atoms with Gasteiger partial charge in [0.15, 0.2) is 0 Å². The summed E-state index contributed by atoms with van der Waals surface area (Å²) >= 11 is 0. The van der Waals surface area contributed by atoms with Gasteiger partial charge >= 0.3 is 0 Å². The first-order valence-electron chi connectivity index (χ1n) is 7.07. The van der Waals surface area contributed by atoms with Gasteiger partial charge in [0, 0.05) is 38.8 Å². The predicted molar refractivity (Wildman–Crippen MR) is 76.7 cm³/mol. The zero-order valence-electron chi connectivity index (χ0n) is 11.9. The molecule has 2 heterocycles. The Morgan fingerprint density at radius 2 is 2.11 bits per heavy atom. The lowest BCUT2D eigenvalue weighted by molar-refractivity contribution is 0.117. The van der Waals surface area contributed by atoms with Crippen molar-refractivity contribution in [3.8, 4) is 0 Å². The van der Waals surface area contributed by atoms with Crippen LogP contribution in [0.2, 0.25) is 0 Å². The van der Waals surface area contributed by atoms with Gasteiger partial charge in [-0.2, -0.15) is 0 Å². The van der Waals surface area contributed by atoms with E-state index in [9.17, 15) is 8.42 Å².